The van der Waals surface area contributed by atoms with Gasteiger partial charge in [0.15, 0.2) is 0 Å². The van der Waals surface area contributed by atoms with Gasteiger partial charge in [-0.05, 0) is 28.5 Å². The van der Waals surface area contributed by atoms with E-state index in [1.807, 2.05) is 60.7 Å². The van der Waals surface area contributed by atoms with Gasteiger partial charge in [0.25, 0.3) is 0 Å². The van der Waals surface area contributed by atoms with E-state index in [-0.39, 0.29) is 24.0 Å². The molecular formula is C20H19N3O2S. The Morgan fingerprint density at radius 2 is 1.65 bits per heavy atom. The van der Waals surface area contributed by atoms with Gasteiger partial charge in [0.2, 0.25) is 11.8 Å². The number of hydrazine groups is 1. The van der Waals surface area contributed by atoms with E-state index >= 15 is 0 Å². The van der Waals surface area contributed by atoms with Crippen molar-refractivity contribution < 1.29 is 9.59 Å². The van der Waals surface area contributed by atoms with Crippen LogP contribution < -0.4 is 10.9 Å². The molecule has 0 aliphatic carbocycles. The van der Waals surface area contributed by atoms with E-state index in [1.165, 1.54) is 11.8 Å². The average molecular weight is 365 g/mol. The molecular weight excluding hydrogens is 346 g/mol. The Labute approximate surface area is 156 Å². The fraction of sp³-hybridized carbons (Fsp3) is 0.150. The number of carbonyl (C=O) groups is 2. The summed E-state index contributed by atoms with van der Waals surface area (Å²) >= 11 is 1.45. The third-order valence-electron chi connectivity index (χ3n) is 3.78. The van der Waals surface area contributed by atoms with Crippen LogP contribution in [0, 0.1) is 0 Å². The lowest BCUT2D eigenvalue weighted by Gasteiger charge is -2.09. The quantitative estimate of drug-likeness (QED) is 0.659. The third kappa shape index (κ3) is 5.07. The molecule has 3 rings (SSSR count). The lowest BCUT2D eigenvalue weighted by atomic mass is 10.0. The van der Waals surface area contributed by atoms with Gasteiger partial charge in [-0.1, -0.05) is 48.5 Å². The molecule has 26 heavy (non-hydrogen) atoms. The maximum Gasteiger partial charge on any atom is 0.248 e. The Bertz CT molecular complexity index is 894. The molecule has 3 aromatic rings. The highest BCUT2D eigenvalue weighted by Crippen LogP contribution is 2.18. The van der Waals surface area contributed by atoms with E-state index in [0.717, 1.165) is 22.0 Å². The number of amides is 2. The Morgan fingerprint density at radius 3 is 2.50 bits per heavy atom. The summed E-state index contributed by atoms with van der Waals surface area (Å²) in [6.45, 7) is 0. The molecule has 2 aromatic carbocycles. The van der Waals surface area contributed by atoms with Crippen LogP contribution in [-0.2, 0) is 21.8 Å². The number of aromatic nitrogens is 1. The number of rotatable bonds is 6. The van der Waals surface area contributed by atoms with Gasteiger partial charge in [0, 0.05) is 11.9 Å². The topological polar surface area (TPSA) is 71.1 Å². The second-order valence-corrected chi connectivity index (χ2v) is 6.71. The van der Waals surface area contributed by atoms with Gasteiger partial charge in [0.1, 0.15) is 0 Å². The zero-order valence-corrected chi connectivity index (χ0v) is 15.0. The molecule has 0 spiro atoms. The van der Waals surface area contributed by atoms with E-state index in [2.05, 4.69) is 15.8 Å². The first-order valence-electron chi connectivity index (χ1n) is 8.24. The maximum atomic E-state index is 12.1. The zero-order chi connectivity index (χ0) is 18.2. The third-order valence-corrected chi connectivity index (χ3v) is 4.75. The van der Waals surface area contributed by atoms with Crippen molar-refractivity contribution in [3.05, 3.63) is 78.1 Å². The molecule has 0 saturated heterocycles. The summed E-state index contributed by atoms with van der Waals surface area (Å²) in [5.41, 5.74) is 6.79. The molecule has 0 aliphatic rings. The molecule has 1 heterocycles. The van der Waals surface area contributed by atoms with Crippen LogP contribution >= 0.6 is 11.8 Å². The smallest absolute Gasteiger partial charge is 0.248 e. The lowest BCUT2D eigenvalue weighted by molar-refractivity contribution is -0.127. The number of hydrogen-bond acceptors (Lipinski definition) is 4. The molecule has 2 N–H and O–H groups in total. The average Bonchev–Trinajstić information content (AvgIpc) is 2.67. The van der Waals surface area contributed by atoms with Crippen molar-refractivity contribution in [3.63, 3.8) is 0 Å². The summed E-state index contributed by atoms with van der Waals surface area (Å²) in [5, 5.41) is 2.13. The van der Waals surface area contributed by atoms with Crippen LogP contribution in [0.1, 0.15) is 11.3 Å². The summed E-state index contributed by atoms with van der Waals surface area (Å²) in [7, 11) is 0. The van der Waals surface area contributed by atoms with Crippen LogP contribution in [0.5, 0.6) is 0 Å². The minimum absolute atomic E-state index is 0.211. The van der Waals surface area contributed by atoms with Gasteiger partial charge in [0.05, 0.1) is 17.9 Å². The molecule has 2 amide bonds. The number of nitrogens with one attached hydrogen (secondary N) is 2. The molecule has 0 radical (unpaired) electrons. The fourth-order valence-corrected chi connectivity index (χ4v) is 3.31. The number of thioether (sulfide) groups is 1. The van der Waals surface area contributed by atoms with E-state index in [0.29, 0.717) is 5.75 Å². The van der Waals surface area contributed by atoms with Gasteiger partial charge in [-0.3, -0.25) is 25.4 Å². The summed E-state index contributed by atoms with van der Waals surface area (Å²) in [6, 6.07) is 19.5. The zero-order valence-electron chi connectivity index (χ0n) is 14.1. The van der Waals surface area contributed by atoms with Crippen molar-refractivity contribution in [2.24, 2.45) is 0 Å². The van der Waals surface area contributed by atoms with E-state index in [1.54, 1.807) is 6.20 Å². The Balaban J connectivity index is 1.44. The van der Waals surface area contributed by atoms with Gasteiger partial charge in [-0.25, -0.2) is 0 Å². The first-order chi connectivity index (χ1) is 12.7. The number of pyridine rings is 1. The number of fused-ring (bicyclic) bond motifs is 1. The van der Waals surface area contributed by atoms with Crippen LogP contribution in [0.25, 0.3) is 10.8 Å². The lowest BCUT2D eigenvalue weighted by Crippen LogP contribution is -2.43. The van der Waals surface area contributed by atoms with Crippen molar-refractivity contribution >= 4 is 34.3 Å². The number of benzene rings is 2. The van der Waals surface area contributed by atoms with Crippen molar-refractivity contribution in [2.75, 3.05) is 5.75 Å². The van der Waals surface area contributed by atoms with Crippen LogP contribution in [0.4, 0.5) is 0 Å². The van der Waals surface area contributed by atoms with Crippen LogP contribution in [0.3, 0.4) is 0 Å². The summed E-state index contributed by atoms with van der Waals surface area (Å²) < 4.78 is 0. The van der Waals surface area contributed by atoms with E-state index < -0.39 is 0 Å². The highest BCUT2D eigenvalue weighted by molar-refractivity contribution is 7.99. The van der Waals surface area contributed by atoms with Gasteiger partial charge >= 0.3 is 0 Å². The summed E-state index contributed by atoms with van der Waals surface area (Å²) in [6.07, 6.45) is 1.94. The molecule has 0 atom stereocenters. The molecule has 0 fully saturated rings. The second-order valence-electron chi connectivity index (χ2n) is 5.73. The molecule has 5 nitrogen and oxygen atoms in total. The normalized spacial score (nSPS) is 10.5. The highest BCUT2D eigenvalue weighted by Gasteiger charge is 2.08. The SMILES string of the molecule is O=C(CSCc1ccccn1)NNC(=O)Cc1cccc2ccccc12. The van der Waals surface area contributed by atoms with Crippen LogP contribution in [0.15, 0.2) is 66.9 Å². The Morgan fingerprint density at radius 1 is 0.885 bits per heavy atom. The predicted octanol–water partition coefficient (Wildman–Crippen LogP) is 2.86. The fourth-order valence-electron chi connectivity index (χ4n) is 2.57. The van der Waals surface area contributed by atoms with Crippen LogP contribution in [0.2, 0.25) is 0 Å². The van der Waals surface area contributed by atoms with E-state index in [4.69, 9.17) is 0 Å². The minimum atomic E-state index is -0.246. The maximum absolute atomic E-state index is 12.1. The number of hydrogen-bond donors (Lipinski definition) is 2. The highest BCUT2D eigenvalue weighted by atomic mass is 32.2. The van der Waals surface area contributed by atoms with Gasteiger partial charge < -0.3 is 0 Å². The predicted molar refractivity (Wildman–Crippen MR) is 104 cm³/mol. The van der Waals surface area contributed by atoms with Crippen LogP contribution in [-0.4, -0.2) is 22.6 Å². The number of carbonyl (C=O) groups excluding carboxylic acids is 2. The first-order valence-corrected chi connectivity index (χ1v) is 9.40. The van der Waals surface area contributed by atoms with Gasteiger partial charge in [-0.2, -0.15) is 0 Å². The molecule has 0 aliphatic heterocycles. The number of nitrogens with zero attached hydrogens (tertiary/aromatic N) is 1. The minimum Gasteiger partial charge on any atom is -0.273 e. The largest absolute Gasteiger partial charge is 0.273 e. The van der Waals surface area contributed by atoms with Crippen molar-refractivity contribution in [1.29, 1.82) is 0 Å². The van der Waals surface area contributed by atoms with Crippen molar-refractivity contribution in [1.82, 2.24) is 15.8 Å². The monoisotopic (exact) mass is 365 g/mol. The Hall–Kier alpha value is -2.86. The van der Waals surface area contributed by atoms with E-state index in [9.17, 15) is 9.59 Å². The molecule has 0 bridgehead atoms. The molecule has 1 aromatic heterocycles. The molecule has 6 heteroatoms. The standard InChI is InChI=1S/C20H19N3O2S/c24-19(12-16-8-5-7-15-6-1-2-10-18(15)16)22-23-20(25)14-26-13-17-9-3-4-11-21-17/h1-11H,12-14H2,(H,22,24)(H,23,25). The van der Waals surface area contributed by atoms with Crippen molar-refractivity contribution in [2.45, 2.75) is 12.2 Å². The molecule has 0 unspecified atom stereocenters. The molecule has 0 saturated carbocycles. The van der Waals surface area contributed by atoms with Crippen molar-refractivity contribution in [3.8, 4) is 0 Å². The molecule has 132 valence electrons. The Kier molecular flexibility index (Phi) is 6.22. The first kappa shape index (κ1) is 17.9. The second kappa shape index (κ2) is 9.01. The van der Waals surface area contributed by atoms with Gasteiger partial charge in [-0.15, -0.1) is 11.8 Å². The summed E-state index contributed by atoms with van der Waals surface area (Å²) in [5.74, 6) is 0.421. The summed E-state index contributed by atoms with van der Waals surface area (Å²) in [4.78, 5) is 28.1.